The molecule has 0 amide bonds. The van der Waals surface area contributed by atoms with Crippen LogP contribution in [0, 0.1) is 0 Å². The predicted molar refractivity (Wildman–Crippen MR) is 51.9 cm³/mol. The summed E-state index contributed by atoms with van der Waals surface area (Å²) in [4.78, 5) is 0. The van der Waals surface area contributed by atoms with E-state index in [2.05, 4.69) is 15.5 Å². The maximum absolute atomic E-state index is 12.2. The molecule has 1 aliphatic heterocycles. The number of nitrogens with one attached hydrogen (secondary N) is 1. The molecule has 0 aliphatic carbocycles. The van der Waals surface area contributed by atoms with Crippen LogP contribution in [0.1, 0.15) is 30.1 Å². The molecule has 0 unspecified atom stereocenters. The first-order valence-corrected chi connectivity index (χ1v) is 5.19. The van der Waals surface area contributed by atoms with Crippen molar-refractivity contribution >= 4 is 0 Å². The van der Waals surface area contributed by atoms with Crippen LogP contribution in [0.5, 0.6) is 0 Å². The molecule has 16 heavy (non-hydrogen) atoms. The monoisotopic (exact) mass is 231 g/mol. The van der Waals surface area contributed by atoms with Crippen molar-refractivity contribution in [1.82, 2.24) is 15.5 Å². The lowest BCUT2D eigenvalue weighted by Crippen LogP contribution is -2.27. The molecule has 0 bridgehead atoms. The Morgan fingerprint density at radius 1 is 1.12 bits per heavy atom. The third kappa shape index (κ3) is 2.49. The first-order chi connectivity index (χ1) is 7.57. The third-order valence-electron chi connectivity index (χ3n) is 2.73. The van der Waals surface area contributed by atoms with Gasteiger partial charge in [-0.3, -0.25) is 0 Å². The summed E-state index contributed by atoms with van der Waals surface area (Å²) in [6.45, 7) is 1.76. The summed E-state index contributed by atoms with van der Waals surface area (Å²) < 4.78 is 36.7. The molecule has 0 spiro atoms. The van der Waals surface area contributed by atoms with Gasteiger partial charge in [0.05, 0.1) is 5.69 Å². The van der Waals surface area contributed by atoms with Crippen LogP contribution in [0.25, 0.3) is 0 Å². The molecule has 1 saturated heterocycles. The van der Waals surface area contributed by atoms with Crippen LogP contribution in [0.3, 0.4) is 0 Å². The minimum atomic E-state index is -4.40. The second-order valence-corrected chi connectivity index (χ2v) is 3.87. The van der Waals surface area contributed by atoms with Crippen molar-refractivity contribution in [3.8, 4) is 0 Å². The maximum atomic E-state index is 12.2. The van der Waals surface area contributed by atoms with Crippen molar-refractivity contribution in [2.45, 2.75) is 24.9 Å². The molecule has 1 aromatic rings. The van der Waals surface area contributed by atoms with E-state index in [1.54, 1.807) is 0 Å². The summed E-state index contributed by atoms with van der Waals surface area (Å²) >= 11 is 0. The normalized spacial score (nSPS) is 18.7. The molecule has 1 fully saturated rings. The molecular formula is C10H12F3N3. The third-order valence-corrected chi connectivity index (χ3v) is 2.73. The molecule has 0 saturated carbocycles. The zero-order chi connectivity index (χ0) is 11.6. The van der Waals surface area contributed by atoms with Crippen molar-refractivity contribution in [3.63, 3.8) is 0 Å². The van der Waals surface area contributed by atoms with Crippen molar-refractivity contribution in [3.05, 3.63) is 23.5 Å². The molecule has 2 heterocycles. The lowest BCUT2D eigenvalue weighted by Gasteiger charge is -2.21. The van der Waals surface area contributed by atoms with E-state index >= 15 is 0 Å². The molecule has 0 atom stereocenters. The zero-order valence-electron chi connectivity index (χ0n) is 8.59. The average Bonchev–Trinajstić information content (AvgIpc) is 2.29. The number of halogens is 3. The van der Waals surface area contributed by atoms with E-state index < -0.39 is 11.9 Å². The molecule has 6 heteroatoms. The number of aromatic nitrogens is 2. The smallest absolute Gasteiger partial charge is 0.317 e. The van der Waals surface area contributed by atoms with Gasteiger partial charge in [-0.2, -0.15) is 18.3 Å². The summed E-state index contributed by atoms with van der Waals surface area (Å²) in [5.41, 5.74) is -0.264. The second-order valence-electron chi connectivity index (χ2n) is 3.87. The first kappa shape index (κ1) is 11.3. The van der Waals surface area contributed by atoms with Crippen molar-refractivity contribution < 1.29 is 13.2 Å². The quantitative estimate of drug-likeness (QED) is 0.802. The van der Waals surface area contributed by atoms with Gasteiger partial charge in [0, 0.05) is 5.92 Å². The maximum Gasteiger partial charge on any atom is 0.435 e. The Labute approximate surface area is 91.1 Å². The number of alkyl halides is 3. The Kier molecular flexibility index (Phi) is 3.09. The molecular weight excluding hydrogens is 219 g/mol. The SMILES string of the molecule is FC(F)(F)c1ccc(C2CCNCC2)nn1. The summed E-state index contributed by atoms with van der Waals surface area (Å²) in [7, 11) is 0. The van der Waals surface area contributed by atoms with Gasteiger partial charge in [-0.05, 0) is 38.1 Å². The fourth-order valence-electron chi connectivity index (χ4n) is 1.83. The number of rotatable bonds is 1. The van der Waals surface area contributed by atoms with Crippen molar-refractivity contribution in [2.75, 3.05) is 13.1 Å². The fraction of sp³-hybridized carbons (Fsp3) is 0.600. The van der Waals surface area contributed by atoms with E-state index in [1.165, 1.54) is 6.07 Å². The molecule has 0 aromatic carbocycles. The van der Waals surface area contributed by atoms with Gasteiger partial charge in [-0.15, -0.1) is 5.10 Å². The Morgan fingerprint density at radius 2 is 1.81 bits per heavy atom. The number of nitrogens with zero attached hydrogens (tertiary/aromatic N) is 2. The van der Waals surface area contributed by atoms with Gasteiger partial charge < -0.3 is 5.32 Å². The highest BCUT2D eigenvalue weighted by Gasteiger charge is 2.33. The van der Waals surface area contributed by atoms with Crippen LogP contribution in [0.15, 0.2) is 12.1 Å². The van der Waals surface area contributed by atoms with Crippen molar-refractivity contribution in [1.29, 1.82) is 0 Å². The van der Waals surface area contributed by atoms with Crippen LogP contribution in [0.2, 0.25) is 0 Å². The van der Waals surface area contributed by atoms with Gasteiger partial charge >= 0.3 is 6.18 Å². The largest absolute Gasteiger partial charge is 0.435 e. The van der Waals surface area contributed by atoms with E-state index in [4.69, 9.17) is 0 Å². The minimum Gasteiger partial charge on any atom is -0.317 e. The molecule has 88 valence electrons. The van der Waals surface area contributed by atoms with Gasteiger partial charge in [-0.25, -0.2) is 0 Å². The highest BCUT2D eigenvalue weighted by atomic mass is 19.4. The molecule has 3 nitrogen and oxygen atoms in total. The van der Waals surface area contributed by atoms with E-state index in [0.29, 0.717) is 5.69 Å². The molecule has 0 radical (unpaired) electrons. The van der Waals surface area contributed by atoms with Crippen molar-refractivity contribution in [2.24, 2.45) is 0 Å². The number of hydrogen-bond acceptors (Lipinski definition) is 3. The average molecular weight is 231 g/mol. The Balaban J connectivity index is 2.12. The molecule has 1 aromatic heterocycles. The minimum absolute atomic E-state index is 0.232. The highest BCUT2D eigenvalue weighted by Crippen LogP contribution is 2.28. The lowest BCUT2D eigenvalue weighted by atomic mass is 9.94. The summed E-state index contributed by atoms with van der Waals surface area (Å²) in [5.74, 6) is 0.232. The van der Waals surface area contributed by atoms with Gasteiger partial charge in [0.1, 0.15) is 0 Å². The summed E-state index contributed by atoms with van der Waals surface area (Å²) in [6, 6.07) is 2.44. The van der Waals surface area contributed by atoms with Crippen LogP contribution in [-0.4, -0.2) is 23.3 Å². The summed E-state index contributed by atoms with van der Waals surface area (Å²) in [6.07, 6.45) is -2.60. The van der Waals surface area contributed by atoms with Crippen LogP contribution in [0.4, 0.5) is 13.2 Å². The Morgan fingerprint density at radius 3 is 2.31 bits per heavy atom. The van der Waals surface area contributed by atoms with E-state index in [9.17, 15) is 13.2 Å². The highest BCUT2D eigenvalue weighted by molar-refractivity contribution is 5.13. The fourth-order valence-corrected chi connectivity index (χ4v) is 1.83. The van der Waals surface area contributed by atoms with E-state index in [0.717, 1.165) is 32.0 Å². The number of hydrogen-bond donors (Lipinski definition) is 1. The molecule has 1 N–H and O–H groups in total. The topological polar surface area (TPSA) is 37.8 Å². The van der Waals surface area contributed by atoms with Crippen LogP contribution < -0.4 is 5.32 Å². The van der Waals surface area contributed by atoms with Crippen LogP contribution in [-0.2, 0) is 6.18 Å². The van der Waals surface area contributed by atoms with E-state index in [1.807, 2.05) is 0 Å². The molecule has 2 rings (SSSR count). The first-order valence-electron chi connectivity index (χ1n) is 5.19. The number of piperidine rings is 1. The molecule has 1 aliphatic rings. The zero-order valence-corrected chi connectivity index (χ0v) is 8.59. The van der Waals surface area contributed by atoms with Crippen LogP contribution >= 0.6 is 0 Å². The van der Waals surface area contributed by atoms with Gasteiger partial charge in [0.2, 0.25) is 0 Å². The summed E-state index contributed by atoms with van der Waals surface area (Å²) in [5, 5.41) is 10.1. The Hall–Kier alpha value is -1.17. The van der Waals surface area contributed by atoms with Gasteiger partial charge in [-0.1, -0.05) is 0 Å². The van der Waals surface area contributed by atoms with Gasteiger partial charge in [0.25, 0.3) is 0 Å². The van der Waals surface area contributed by atoms with E-state index in [-0.39, 0.29) is 5.92 Å². The second kappa shape index (κ2) is 4.37. The Bertz CT molecular complexity index is 341. The van der Waals surface area contributed by atoms with Gasteiger partial charge in [0.15, 0.2) is 5.69 Å². The predicted octanol–water partition coefficient (Wildman–Crippen LogP) is 1.96. The lowest BCUT2D eigenvalue weighted by molar-refractivity contribution is -0.141. The standard InChI is InChI=1S/C10H12F3N3/c11-10(12,13)9-2-1-8(15-16-9)7-3-5-14-6-4-7/h1-2,7,14H,3-6H2.